The Bertz CT molecular complexity index is 220. The standard InChI is InChI=1S/C8H16Br3O2PS/c1-3-5-6-12-14(15,4-2)13-7-8(9,10)11/h3-7H2,1-2H3. The van der Waals surface area contributed by atoms with E-state index >= 15 is 0 Å². The van der Waals surface area contributed by atoms with Crippen molar-refractivity contribution >= 4 is 66.1 Å². The zero-order chi connectivity index (χ0) is 11.9. The third-order valence-electron chi connectivity index (χ3n) is 1.60. The van der Waals surface area contributed by atoms with Crippen LogP contribution in [0.25, 0.3) is 0 Å². The molecule has 15 heavy (non-hydrogen) atoms. The summed E-state index contributed by atoms with van der Waals surface area (Å²) in [5, 5.41) is 0. The molecule has 0 aliphatic heterocycles. The molecule has 1 atom stereocenters. The van der Waals surface area contributed by atoms with Gasteiger partial charge in [-0.05, 0) is 18.2 Å². The molecule has 0 amide bonds. The summed E-state index contributed by atoms with van der Waals surface area (Å²) in [5.74, 6) is 0. The van der Waals surface area contributed by atoms with E-state index in [1.54, 1.807) is 0 Å². The fourth-order valence-corrected chi connectivity index (χ4v) is 3.23. The van der Waals surface area contributed by atoms with Crippen LogP contribution in [0.1, 0.15) is 26.7 Å². The van der Waals surface area contributed by atoms with Gasteiger partial charge in [0, 0.05) is 6.16 Å². The zero-order valence-electron chi connectivity index (χ0n) is 8.84. The number of hydrogen-bond donors (Lipinski definition) is 0. The van der Waals surface area contributed by atoms with Gasteiger partial charge >= 0.3 is 0 Å². The molecule has 7 heteroatoms. The van der Waals surface area contributed by atoms with E-state index in [1.807, 2.05) is 6.92 Å². The smallest absolute Gasteiger partial charge is 0.188 e. The Morgan fingerprint density at radius 1 is 1.20 bits per heavy atom. The molecule has 0 bridgehead atoms. The van der Waals surface area contributed by atoms with Gasteiger partial charge in [0.2, 0.25) is 0 Å². The lowest BCUT2D eigenvalue weighted by Crippen LogP contribution is -2.11. The van der Waals surface area contributed by atoms with Crippen LogP contribution in [0.3, 0.4) is 0 Å². The first-order valence-corrected chi connectivity index (χ1v) is 9.98. The lowest BCUT2D eigenvalue weighted by atomic mass is 10.4. The highest BCUT2D eigenvalue weighted by Crippen LogP contribution is 2.50. The van der Waals surface area contributed by atoms with Gasteiger partial charge in [-0.2, -0.15) is 0 Å². The summed E-state index contributed by atoms with van der Waals surface area (Å²) in [5.41, 5.74) is 0. The van der Waals surface area contributed by atoms with Gasteiger partial charge in [-0.25, -0.2) is 0 Å². The summed E-state index contributed by atoms with van der Waals surface area (Å²) in [6, 6.07) is 0. The van der Waals surface area contributed by atoms with Crippen molar-refractivity contribution in [3.05, 3.63) is 0 Å². The van der Waals surface area contributed by atoms with Crippen LogP contribution in [0.4, 0.5) is 0 Å². The highest BCUT2D eigenvalue weighted by molar-refractivity contribution is 9.39. The fraction of sp³-hybridized carbons (Fsp3) is 1.00. The van der Waals surface area contributed by atoms with Gasteiger partial charge in [0.15, 0.2) is 8.63 Å². The van der Waals surface area contributed by atoms with Crippen molar-refractivity contribution < 1.29 is 9.05 Å². The first-order chi connectivity index (χ1) is 6.83. The Morgan fingerprint density at radius 3 is 2.20 bits per heavy atom. The Hall–Kier alpha value is 2.01. The van der Waals surface area contributed by atoms with Crippen molar-refractivity contribution in [2.75, 3.05) is 19.4 Å². The molecule has 0 heterocycles. The van der Waals surface area contributed by atoms with Crippen LogP contribution < -0.4 is 0 Å². The summed E-state index contributed by atoms with van der Waals surface area (Å²) in [7, 11) is 0. The second-order valence-electron chi connectivity index (χ2n) is 3.00. The predicted octanol–water partition coefficient (Wildman–Crippen LogP) is 4.99. The molecule has 0 aliphatic carbocycles. The van der Waals surface area contributed by atoms with Crippen molar-refractivity contribution in [1.29, 1.82) is 0 Å². The van der Waals surface area contributed by atoms with Gasteiger partial charge in [-0.1, -0.05) is 68.1 Å². The SMILES string of the molecule is CCCCOP(=S)(CC)OCC(Br)(Br)Br. The predicted molar refractivity (Wildman–Crippen MR) is 81.2 cm³/mol. The quantitative estimate of drug-likeness (QED) is 0.312. The molecule has 0 aliphatic rings. The molecule has 1 unspecified atom stereocenters. The van der Waals surface area contributed by atoms with Crippen LogP contribution in [0.5, 0.6) is 0 Å². The Balaban J connectivity index is 4.02. The van der Waals surface area contributed by atoms with E-state index < -0.39 is 8.63 Å². The third-order valence-corrected chi connectivity index (χ3v) is 5.56. The van der Waals surface area contributed by atoms with E-state index in [-0.39, 0.29) is 0 Å². The summed E-state index contributed by atoms with van der Waals surface area (Å²) in [6.07, 6.45) is 2.90. The van der Waals surface area contributed by atoms with Crippen molar-refractivity contribution in [3.8, 4) is 0 Å². The maximum absolute atomic E-state index is 5.66. The first kappa shape index (κ1) is 17.0. The van der Waals surface area contributed by atoms with Crippen LogP contribution in [0.2, 0.25) is 0 Å². The molecule has 2 nitrogen and oxygen atoms in total. The Labute approximate surface area is 122 Å². The van der Waals surface area contributed by atoms with Crippen LogP contribution in [-0.4, -0.2) is 21.5 Å². The Morgan fingerprint density at radius 2 is 1.80 bits per heavy atom. The average molecular weight is 447 g/mol. The van der Waals surface area contributed by atoms with Crippen molar-refractivity contribution in [2.45, 2.75) is 28.8 Å². The van der Waals surface area contributed by atoms with Gasteiger partial charge < -0.3 is 9.05 Å². The topological polar surface area (TPSA) is 18.5 Å². The third kappa shape index (κ3) is 9.69. The van der Waals surface area contributed by atoms with Crippen molar-refractivity contribution in [2.24, 2.45) is 0 Å². The van der Waals surface area contributed by atoms with E-state index in [0.717, 1.165) is 19.0 Å². The monoisotopic (exact) mass is 444 g/mol. The normalized spacial score (nSPS) is 16.3. The summed E-state index contributed by atoms with van der Waals surface area (Å²) in [4.78, 5) is 0. The van der Waals surface area contributed by atoms with Crippen molar-refractivity contribution in [3.63, 3.8) is 0 Å². The molecule has 0 aromatic carbocycles. The molecule has 0 N–H and O–H groups in total. The molecule has 0 rings (SSSR count). The van der Waals surface area contributed by atoms with Gasteiger partial charge in [0.25, 0.3) is 0 Å². The average Bonchev–Trinajstić information content (AvgIpc) is 2.14. The van der Waals surface area contributed by atoms with Gasteiger partial charge in [-0.3, -0.25) is 0 Å². The van der Waals surface area contributed by atoms with E-state index in [2.05, 4.69) is 54.7 Å². The molecule has 0 aromatic rings. The van der Waals surface area contributed by atoms with Gasteiger partial charge in [0.05, 0.1) is 13.2 Å². The van der Waals surface area contributed by atoms with E-state index in [9.17, 15) is 0 Å². The van der Waals surface area contributed by atoms with E-state index in [0.29, 0.717) is 13.2 Å². The highest BCUT2D eigenvalue weighted by atomic mass is 80.0. The number of halogens is 3. The summed E-state index contributed by atoms with van der Waals surface area (Å²) < 4.78 is 10.9. The summed E-state index contributed by atoms with van der Waals surface area (Å²) >= 11 is 15.5. The van der Waals surface area contributed by atoms with E-state index in [4.69, 9.17) is 20.9 Å². The molecule has 0 saturated heterocycles. The number of alkyl halides is 3. The first-order valence-electron chi connectivity index (χ1n) is 4.78. The lowest BCUT2D eigenvalue weighted by molar-refractivity contribution is 0.251. The maximum atomic E-state index is 5.66. The Kier molecular flexibility index (Phi) is 9.27. The minimum absolute atomic E-state index is 0.402. The van der Waals surface area contributed by atoms with Gasteiger partial charge in [0.1, 0.15) is 0 Å². The summed E-state index contributed by atoms with van der Waals surface area (Å²) in [6.45, 7) is 3.18. The fourth-order valence-electron chi connectivity index (χ4n) is 0.739. The number of rotatable bonds is 7. The lowest BCUT2D eigenvalue weighted by Gasteiger charge is -2.23. The largest absolute Gasteiger partial charge is 0.329 e. The van der Waals surface area contributed by atoms with Crippen LogP contribution >= 0.6 is 54.3 Å². The molecular weight excluding hydrogens is 431 g/mol. The van der Waals surface area contributed by atoms with E-state index in [1.165, 1.54) is 0 Å². The molecule has 0 fully saturated rings. The molecule has 0 radical (unpaired) electrons. The molecule has 92 valence electrons. The molecular formula is C8H16Br3O2PS. The minimum Gasteiger partial charge on any atom is -0.329 e. The van der Waals surface area contributed by atoms with Crippen LogP contribution in [0, 0.1) is 0 Å². The molecule has 0 aromatic heterocycles. The number of hydrogen-bond acceptors (Lipinski definition) is 3. The zero-order valence-corrected chi connectivity index (χ0v) is 15.3. The maximum Gasteiger partial charge on any atom is 0.188 e. The number of unbranched alkanes of at least 4 members (excludes halogenated alkanes) is 1. The molecule has 0 saturated carbocycles. The van der Waals surface area contributed by atoms with Crippen molar-refractivity contribution in [1.82, 2.24) is 0 Å². The van der Waals surface area contributed by atoms with Crippen LogP contribution in [-0.2, 0) is 20.9 Å². The second-order valence-corrected chi connectivity index (χ2v) is 14.3. The van der Waals surface area contributed by atoms with Crippen LogP contribution in [0.15, 0.2) is 0 Å². The highest BCUT2D eigenvalue weighted by Gasteiger charge is 2.24. The van der Waals surface area contributed by atoms with Gasteiger partial charge in [-0.15, -0.1) is 0 Å². The molecule has 0 spiro atoms. The minimum atomic E-state index is -2.08. The second kappa shape index (κ2) is 8.17.